The molecule has 0 aromatic carbocycles. The molecule has 0 radical (unpaired) electrons. The number of nitrogens with zero attached hydrogens (tertiary/aromatic N) is 2. The van der Waals surface area contributed by atoms with Gasteiger partial charge in [0.15, 0.2) is 0 Å². The van der Waals surface area contributed by atoms with Gasteiger partial charge in [0.1, 0.15) is 0 Å². The van der Waals surface area contributed by atoms with Crippen LogP contribution in [0.1, 0.15) is 6.42 Å². The highest BCUT2D eigenvalue weighted by molar-refractivity contribution is 9.10. The van der Waals surface area contributed by atoms with Gasteiger partial charge in [-0.1, -0.05) is 0 Å². The summed E-state index contributed by atoms with van der Waals surface area (Å²) in [7, 11) is 0. The lowest BCUT2D eigenvalue weighted by Gasteiger charge is -2.24. The van der Waals surface area contributed by atoms with Crippen molar-refractivity contribution in [2.24, 2.45) is 0 Å². The van der Waals surface area contributed by atoms with E-state index in [4.69, 9.17) is 5.73 Å². The van der Waals surface area contributed by atoms with E-state index >= 15 is 0 Å². The average Bonchev–Trinajstić information content (AvgIpc) is 2.46. The third kappa shape index (κ3) is 2.58. The van der Waals surface area contributed by atoms with Crippen molar-refractivity contribution in [2.45, 2.75) is 6.42 Å². The largest absolute Gasteiger partial charge is 0.396 e. The van der Waals surface area contributed by atoms with Crippen LogP contribution in [0.4, 0.5) is 11.4 Å². The SMILES string of the molecule is Nc1cncc(Br)c1N1CCCSCC1. The number of nitrogen functional groups attached to an aromatic ring is 1. The van der Waals surface area contributed by atoms with Gasteiger partial charge in [0.25, 0.3) is 0 Å². The molecular weight excluding hydrogens is 274 g/mol. The zero-order chi connectivity index (χ0) is 10.7. The number of rotatable bonds is 1. The predicted octanol–water partition coefficient (Wildman–Crippen LogP) is 2.37. The summed E-state index contributed by atoms with van der Waals surface area (Å²) < 4.78 is 0.995. The summed E-state index contributed by atoms with van der Waals surface area (Å²) in [6.07, 6.45) is 4.75. The van der Waals surface area contributed by atoms with E-state index in [-0.39, 0.29) is 0 Å². The van der Waals surface area contributed by atoms with Gasteiger partial charge in [0.2, 0.25) is 0 Å². The molecule has 0 aliphatic carbocycles. The Bertz CT molecular complexity index is 317. The molecule has 2 heterocycles. The van der Waals surface area contributed by atoms with Gasteiger partial charge in [0.05, 0.1) is 22.0 Å². The minimum atomic E-state index is 0.760. The molecule has 0 unspecified atom stereocenters. The molecule has 1 aromatic heterocycles. The summed E-state index contributed by atoms with van der Waals surface area (Å²) in [6, 6.07) is 0. The second-order valence-corrected chi connectivity index (χ2v) is 5.59. The van der Waals surface area contributed by atoms with Crippen molar-refractivity contribution in [3.05, 3.63) is 16.9 Å². The first-order valence-corrected chi connectivity index (χ1v) is 6.95. The van der Waals surface area contributed by atoms with E-state index in [1.54, 1.807) is 6.20 Å². The first-order chi connectivity index (χ1) is 7.29. The predicted molar refractivity (Wildman–Crippen MR) is 70.5 cm³/mol. The second-order valence-electron chi connectivity index (χ2n) is 3.51. The zero-order valence-electron chi connectivity index (χ0n) is 8.45. The number of hydrogen-bond donors (Lipinski definition) is 1. The Kier molecular flexibility index (Phi) is 3.75. The Morgan fingerprint density at radius 3 is 3.00 bits per heavy atom. The van der Waals surface area contributed by atoms with E-state index in [1.807, 2.05) is 18.0 Å². The van der Waals surface area contributed by atoms with Crippen LogP contribution < -0.4 is 10.6 Å². The molecular formula is C10H14BrN3S. The van der Waals surface area contributed by atoms with E-state index in [1.165, 1.54) is 17.9 Å². The third-order valence-electron chi connectivity index (χ3n) is 2.44. The fourth-order valence-electron chi connectivity index (χ4n) is 1.75. The van der Waals surface area contributed by atoms with Crippen molar-refractivity contribution < 1.29 is 0 Å². The standard InChI is InChI=1S/C10H14BrN3S/c11-8-6-13-7-9(12)10(8)14-2-1-4-15-5-3-14/h6-7H,1-5,12H2. The lowest BCUT2D eigenvalue weighted by Crippen LogP contribution is -2.26. The van der Waals surface area contributed by atoms with E-state index < -0.39 is 0 Å². The maximum absolute atomic E-state index is 5.96. The van der Waals surface area contributed by atoms with E-state index in [0.717, 1.165) is 28.9 Å². The molecule has 1 saturated heterocycles. The number of hydrogen-bond acceptors (Lipinski definition) is 4. The van der Waals surface area contributed by atoms with Crippen LogP contribution in [-0.2, 0) is 0 Å². The number of pyridine rings is 1. The minimum absolute atomic E-state index is 0.760. The normalized spacial score (nSPS) is 17.5. The van der Waals surface area contributed by atoms with Gasteiger partial charge in [-0.15, -0.1) is 0 Å². The molecule has 3 nitrogen and oxygen atoms in total. The van der Waals surface area contributed by atoms with Gasteiger partial charge in [-0.25, -0.2) is 0 Å². The van der Waals surface area contributed by atoms with Gasteiger partial charge in [-0.2, -0.15) is 11.8 Å². The van der Waals surface area contributed by atoms with E-state index in [0.29, 0.717) is 0 Å². The average molecular weight is 288 g/mol. The van der Waals surface area contributed by atoms with Crippen LogP contribution in [0.5, 0.6) is 0 Å². The molecule has 0 atom stereocenters. The topological polar surface area (TPSA) is 42.1 Å². The summed E-state index contributed by atoms with van der Waals surface area (Å²) in [6.45, 7) is 2.15. The molecule has 5 heteroatoms. The van der Waals surface area contributed by atoms with Gasteiger partial charge < -0.3 is 10.6 Å². The molecule has 0 amide bonds. The van der Waals surface area contributed by atoms with Gasteiger partial charge >= 0.3 is 0 Å². The highest BCUT2D eigenvalue weighted by Crippen LogP contribution is 2.32. The Morgan fingerprint density at radius 2 is 2.20 bits per heavy atom. The molecule has 2 N–H and O–H groups in total. The molecule has 82 valence electrons. The van der Waals surface area contributed by atoms with Crippen molar-refractivity contribution in [2.75, 3.05) is 35.2 Å². The fraction of sp³-hybridized carbons (Fsp3) is 0.500. The highest BCUT2D eigenvalue weighted by atomic mass is 79.9. The molecule has 1 fully saturated rings. The van der Waals surface area contributed by atoms with Crippen LogP contribution in [0.3, 0.4) is 0 Å². The number of aromatic nitrogens is 1. The van der Waals surface area contributed by atoms with Crippen molar-refractivity contribution in [3.8, 4) is 0 Å². The van der Waals surface area contributed by atoms with Crippen LogP contribution in [0, 0.1) is 0 Å². The first-order valence-electron chi connectivity index (χ1n) is 5.00. The van der Waals surface area contributed by atoms with Crippen LogP contribution in [0.15, 0.2) is 16.9 Å². The van der Waals surface area contributed by atoms with Crippen LogP contribution in [-0.4, -0.2) is 29.6 Å². The number of halogens is 1. The maximum atomic E-state index is 5.96. The molecule has 2 rings (SSSR count). The van der Waals surface area contributed by atoms with Crippen molar-refractivity contribution in [3.63, 3.8) is 0 Å². The molecule has 1 aliphatic rings. The number of anilines is 2. The van der Waals surface area contributed by atoms with Gasteiger partial charge in [0, 0.05) is 25.0 Å². The summed E-state index contributed by atoms with van der Waals surface area (Å²) in [5.74, 6) is 2.42. The van der Waals surface area contributed by atoms with Gasteiger partial charge in [-0.05, 0) is 28.1 Å². The Labute approximate surface area is 103 Å². The Balaban J connectivity index is 2.26. The quantitative estimate of drug-likeness (QED) is 0.861. The molecule has 15 heavy (non-hydrogen) atoms. The molecule has 1 aliphatic heterocycles. The van der Waals surface area contributed by atoms with Gasteiger partial charge in [-0.3, -0.25) is 4.98 Å². The molecule has 0 bridgehead atoms. The molecule has 0 saturated carbocycles. The Morgan fingerprint density at radius 1 is 1.33 bits per heavy atom. The zero-order valence-corrected chi connectivity index (χ0v) is 10.9. The monoisotopic (exact) mass is 287 g/mol. The van der Waals surface area contributed by atoms with Crippen LogP contribution in [0.25, 0.3) is 0 Å². The first kappa shape index (κ1) is 11.1. The van der Waals surface area contributed by atoms with E-state index in [9.17, 15) is 0 Å². The molecule has 0 spiro atoms. The number of thioether (sulfide) groups is 1. The highest BCUT2D eigenvalue weighted by Gasteiger charge is 2.15. The minimum Gasteiger partial charge on any atom is -0.396 e. The van der Waals surface area contributed by atoms with Crippen molar-refractivity contribution in [1.82, 2.24) is 4.98 Å². The maximum Gasteiger partial charge on any atom is 0.0776 e. The summed E-state index contributed by atoms with van der Waals surface area (Å²) in [5, 5.41) is 0. The van der Waals surface area contributed by atoms with Crippen molar-refractivity contribution in [1.29, 1.82) is 0 Å². The lowest BCUT2D eigenvalue weighted by atomic mass is 10.3. The van der Waals surface area contributed by atoms with Crippen molar-refractivity contribution >= 4 is 39.1 Å². The smallest absolute Gasteiger partial charge is 0.0776 e. The lowest BCUT2D eigenvalue weighted by molar-refractivity contribution is 0.814. The second kappa shape index (κ2) is 5.07. The van der Waals surface area contributed by atoms with Crippen LogP contribution >= 0.6 is 27.7 Å². The fourth-order valence-corrected chi connectivity index (χ4v) is 3.23. The Hall–Kier alpha value is -0.420. The van der Waals surface area contributed by atoms with E-state index in [2.05, 4.69) is 25.8 Å². The summed E-state index contributed by atoms with van der Waals surface area (Å²) >= 11 is 5.53. The molecule has 1 aromatic rings. The summed E-state index contributed by atoms with van der Waals surface area (Å²) in [4.78, 5) is 6.41. The number of nitrogens with two attached hydrogens (primary N) is 1. The summed E-state index contributed by atoms with van der Waals surface area (Å²) in [5.41, 5.74) is 7.83. The third-order valence-corrected chi connectivity index (χ3v) is 4.07. The van der Waals surface area contributed by atoms with Crippen LogP contribution in [0.2, 0.25) is 0 Å².